The van der Waals surface area contributed by atoms with Crippen molar-refractivity contribution in [2.75, 3.05) is 20.8 Å². The Morgan fingerprint density at radius 3 is 2.41 bits per heavy atom. The van der Waals surface area contributed by atoms with Gasteiger partial charge in [-0.1, -0.05) is 19.9 Å². The number of benzene rings is 1. The molecule has 0 radical (unpaired) electrons. The molecule has 17 heavy (non-hydrogen) atoms. The third-order valence-corrected chi connectivity index (χ3v) is 2.70. The molecule has 0 unspecified atom stereocenters. The maximum absolute atomic E-state index is 10.2. The summed E-state index contributed by atoms with van der Waals surface area (Å²) in [6.07, 6.45) is 1.56. The van der Waals surface area contributed by atoms with E-state index in [0.717, 1.165) is 5.56 Å². The molecule has 0 heterocycles. The predicted molar refractivity (Wildman–Crippen MR) is 65.6 cm³/mol. The molecule has 1 rings (SSSR count). The molecule has 0 aliphatic heterocycles. The minimum Gasteiger partial charge on any atom is -0.493 e. The van der Waals surface area contributed by atoms with Crippen molar-refractivity contribution in [3.05, 3.63) is 23.8 Å². The third kappa shape index (κ3) is 3.08. The highest BCUT2D eigenvalue weighted by Crippen LogP contribution is 2.33. The topological polar surface area (TPSA) is 47.9 Å². The molecule has 0 atom stereocenters. The van der Waals surface area contributed by atoms with Crippen LogP contribution < -0.4 is 9.47 Å². The Labute approximate surface area is 101 Å². The average molecular weight is 235 g/mol. The van der Waals surface area contributed by atoms with E-state index in [-0.39, 0.29) is 5.41 Å². The molecule has 0 spiro atoms. The van der Waals surface area contributed by atoms with E-state index in [1.807, 2.05) is 32.0 Å². The molecule has 0 N–H and O–H groups in total. The molecule has 0 bridgehead atoms. The number of aliphatic imine (C=N–C) groups is 1. The van der Waals surface area contributed by atoms with Gasteiger partial charge in [-0.2, -0.15) is 0 Å². The van der Waals surface area contributed by atoms with Crippen LogP contribution in [-0.2, 0) is 10.2 Å². The highest BCUT2D eigenvalue weighted by molar-refractivity contribution is 5.45. The Kier molecular flexibility index (Phi) is 4.30. The second-order valence-corrected chi connectivity index (χ2v) is 4.36. The molecule has 4 nitrogen and oxygen atoms in total. The van der Waals surface area contributed by atoms with Gasteiger partial charge in [-0.25, -0.2) is 9.79 Å². The molecule has 0 amide bonds. The zero-order valence-corrected chi connectivity index (χ0v) is 10.6. The molecular formula is C13H17NO3. The van der Waals surface area contributed by atoms with Crippen molar-refractivity contribution in [1.82, 2.24) is 0 Å². The molecule has 0 saturated heterocycles. The summed E-state index contributed by atoms with van der Waals surface area (Å²) in [6.45, 7) is 4.41. The highest BCUT2D eigenvalue weighted by Gasteiger charge is 2.21. The van der Waals surface area contributed by atoms with Crippen LogP contribution in [0.1, 0.15) is 19.4 Å². The number of nitrogens with zero attached hydrogens (tertiary/aromatic N) is 1. The van der Waals surface area contributed by atoms with E-state index in [1.165, 1.54) is 0 Å². The Morgan fingerprint density at radius 1 is 1.24 bits per heavy atom. The van der Waals surface area contributed by atoms with Gasteiger partial charge in [0.05, 0.1) is 20.8 Å². The Morgan fingerprint density at radius 2 is 1.88 bits per heavy atom. The van der Waals surface area contributed by atoms with Crippen molar-refractivity contribution >= 4 is 6.08 Å². The fraction of sp³-hybridized carbons (Fsp3) is 0.462. The summed E-state index contributed by atoms with van der Waals surface area (Å²) in [5.74, 6) is 1.36. The Hall–Kier alpha value is -1.80. The van der Waals surface area contributed by atoms with Crippen LogP contribution in [0.2, 0.25) is 0 Å². The lowest BCUT2D eigenvalue weighted by Gasteiger charge is -2.23. The smallest absolute Gasteiger partial charge is 0.234 e. The summed E-state index contributed by atoms with van der Waals surface area (Å²) in [5, 5.41) is 0. The lowest BCUT2D eigenvalue weighted by atomic mass is 9.84. The van der Waals surface area contributed by atoms with E-state index in [4.69, 9.17) is 9.47 Å². The molecule has 4 heteroatoms. The SMILES string of the molecule is COc1ccc(C(C)(C)CN=C=O)cc1OC. The summed E-state index contributed by atoms with van der Waals surface area (Å²) in [6, 6.07) is 5.70. The maximum Gasteiger partial charge on any atom is 0.234 e. The van der Waals surface area contributed by atoms with Crippen molar-refractivity contribution in [3.63, 3.8) is 0 Å². The molecular weight excluding hydrogens is 218 g/mol. The first-order valence-electron chi connectivity index (χ1n) is 5.31. The summed E-state index contributed by atoms with van der Waals surface area (Å²) in [5.41, 5.74) is 0.797. The van der Waals surface area contributed by atoms with Crippen molar-refractivity contribution in [2.24, 2.45) is 4.99 Å². The van der Waals surface area contributed by atoms with Gasteiger partial charge in [0.2, 0.25) is 6.08 Å². The molecule has 92 valence electrons. The average Bonchev–Trinajstić information content (AvgIpc) is 2.35. The predicted octanol–water partition coefficient (Wildman–Crippen LogP) is 2.32. The summed E-state index contributed by atoms with van der Waals surface area (Å²) in [7, 11) is 3.19. The van der Waals surface area contributed by atoms with E-state index in [9.17, 15) is 4.79 Å². The Bertz CT molecular complexity index is 434. The van der Waals surface area contributed by atoms with Crippen LogP contribution in [-0.4, -0.2) is 26.8 Å². The number of hydrogen-bond acceptors (Lipinski definition) is 4. The second-order valence-electron chi connectivity index (χ2n) is 4.36. The van der Waals surface area contributed by atoms with Gasteiger partial charge in [-0.05, 0) is 17.7 Å². The quantitative estimate of drug-likeness (QED) is 0.581. The van der Waals surface area contributed by atoms with Gasteiger partial charge in [-0.3, -0.25) is 0 Å². The van der Waals surface area contributed by atoms with E-state index < -0.39 is 0 Å². The van der Waals surface area contributed by atoms with E-state index >= 15 is 0 Å². The van der Waals surface area contributed by atoms with E-state index in [1.54, 1.807) is 20.3 Å². The zero-order chi connectivity index (χ0) is 12.9. The minimum atomic E-state index is -0.239. The molecule has 1 aromatic rings. The first-order valence-corrected chi connectivity index (χ1v) is 5.31. The van der Waals surface area contributed by atoms with Crippen molar-refractivity contribution < 1.29 is 14.3 Å². The van der Waals surface area contributed by atoms with E-state index in [0.29, 0.717) is 18.0 Å². The fourth-order valence-corrected chi connectivity index (χ4v) is 1.58. The second kappa shape index (κ2) is 5.51. The zero-order valence-electron chi connectivity index (χ0n) is 10.6. The molecule has 0 aliphatic rings. The molecule has 0 aliphatic carbocycles. The number of hydrogen-bond donors (Lipinski definition) is 0. The van der Waals surface area contributed by atoms with Gasteiger partial charge in [-0.15, -0.1) is 0 Å². The van der Waals surface area contributed by atoms with Gasteiger partial charge >= 0.3 is 0 Å². The van der Waals surface area contributed by atoms with Crippen molar-refractivity contribution in [2.45, 2.75) is 19.3 Å². The fourth-order valence-electron chi connectivity index (χ4n) is 1.58. The van der Waals surface area contributed by atoms with Crippen LogP contribution in [0, 0.1) is 0 Å². The van der Waals surface area contributed by atoms with Crippen LogP contribution in [0.3, 0.4) is 0 Å². The van der Waals surface area contributed by atoms with Crippen LogP contribution in [0.25, 0.3) is 0 Å². The largest absolute Gasteiger partial charge is 0.493 e. The summed E-state index contributed by atoms with van der Waals surface area (Å²) in [4.78, 5) is 13.8. The lowest BCUT2D eigenvalue weighted by Crippen LogP contribution is -2.21. The van der Waals surface area contributed by atoms with Gasteiger partial charge < -0.3 is 9.47 Å². The third-order valence-electron chi connectivity index (χ3n) is 2.70. The summed E-state index contributed by atoms with van der Waals surface area (Å²) >= 11 is 0. The van der Waals surface area contributed by atoms with Gasteiger partial charge in [0.15, 0.2) is 11.5 Å². The molecule has 0 aromatic heterocycles. The summed E-state index contributed by atoms with van der Waals surface area (Å²) < 4.78 is 10.4. The van der Waals surface area contributed by atoms with Crippen LogP contribution in [0.15, 0.2) is 23.2 Å². The normalized spacial score (nSPS) is 10.6. The van der Waals surface area contributed by atoms with Gasteiger partial charge in [0.1, 0.15) is 0 Å². The number of isocyanates is 1. The van der Waals surface area contributed by atoms with Crippen LogP contribution in [0.5, 0.6) is 11.5 Å². The monoisotopic (exact) mass is 235 g/mol. The van der Waals surface area contributed by atoms with Gasteiger partial charge in [0.25, 0.3) is 0 Å². The highest BCUT2D eigenvalue weighted by atomic mass is 16.5. The van der Waals surface area contributed by atoms with Crippen molar-refractivity contribution in [3.8, 4) is 11.5 Å². The molecule has 0 saturated carbocycles. The maximum atomic E-state index is 10.2. The first-order chi connectivity index (χ1) is 8.05. The number of methoxy groups -OCH3 is 2. The molecule has 0 fully saturated rings. The standard InChI is InChI=1S/C13H17NO3/c1-13(2,8-14-9-15)10-5-6-11(16-3)12(7-10)17-4/h5-7H,8H2,1-4H3. The van der Waals surface area contributed by atoms with Crippen LogP contribution in [0.4, 0.5) is 0 Å². The first kappa shape index (κ1) is 13.3. The number of carbonyl (C=O) groups excluding carboxylic acids is 1. The van der Waals surface area contributed by atoms with Crippen LogP contribution >= 0.6 is 0 Å². The lowest BCUT2D eigenvalue weighted by molar-refractivity contribution is 0.353. The van der Waals surface area contributed by atoms with E-state index in [2.05, 4.69) is 4.99 Å². The molecule has 1 aromatic carbocycles. The number of rotatable bonds is 5. The van der Waals surface area contributed by atoms with Gasteiger partial charge in [0, 0.05) is 5.41 Å². The minimum absolute atomic E-state index is 0.239. The Balaban J connectivity index is 3.10. The number of ether oxygens (including phenoxy) is 2. The van der Waals surface area contributed by atoms with Crippen molar-refractivity contribution in [1.29, 1.82) is 0 Å².